The van der Waals surface area contributed by atoms with Gasteiger partial charge in [0.25, 0.3) is 0 Å². The number of carbonyl (C=O) groups is 1. The van der Waals surface area contributed by atoms with Gasteiger partial charge in [0, 0.05) is 38.4 Å². The number of nitrogens with zero attached hydrogens (tertiary/aromatic N) is 2. The van der Waals surface area contributed by atoms with Crippen LogP contribution >= 0.6 is 0 Å². The first-order chi connectivity index (χ1) is 14.1. The minimum atomic E-state index is -0.136. The van der Waals surface area contributed by atoms with Gasteiger partial charge in [-0.15, -0.1) is 0 Å². The lowest BCUT2D eigenvalue weighted by atomic mass is 10.1. The number of anilines is 2. The molecule has 6 nitrogen and oxygen atoms in total. The van der Waals surface area contributed by atoms with E-state index in [1.54, 1.807) is 7.11 Å². The van der Waals surface area contributed by atoms with E-state index in [1.807, 2.05) is 44.2 Å². The van der Waals surface area contributed by atoms with Crippen molar-refractivity contribution >= 4 is 17.4 Å². The topological polar surface area (TPSA) is 56.8 Å². The van der Waals surface area contributed by atoms with Gasteiger partial charge < -0.3 is 20.3 Å². The van der Waals surface area contributed by atoms with Crippen molar-refractivity contribution in [1.82, 2.24) is 10.2 Å². The molecule has 156 valence electrons. The zero-order chi connectivity index (χ0) is 20.6. The highest BCUT2D eigenvalue weighted by Crippen LogP contribution is 2.28. The Morgan fingerprint density at radius 2 is 1.69 bits per heavy atom. The molecule has 1 aliphatic heterocycles. The molecule has 2 amide bonds. The zero-order valence-electron chi connectivity index (χ0n) is 17.7. The van der Waals surface area contributed by atoms with Crippen molar-refractivity contribution in [2.45, 2.75) is 20.3 Å². The van der Waals surface area contributed by atoms with Crippen LogP contribution in [-0.4, -0.2) is 57.3 Å². The van der Waals surface area contributed by atoms with Gasteiger partial charge in [0.15, 0.2) is 0 Å². The van der Waals surface area contributed by atoms with Gasteiger partial charge in [0.1, 0.15) is 5.75 Å². The van der Waals surface area contributed by atoms with E-state index in [2.05, 4.69) is 32.6 Å². The average molecular weight is 397 g/mol. The van der Waals surface area contributed by atoms with Gasteiger partial charge in [-0.3, -0.25) is 4.90 Å². The van der Waals surface area contributed by atoms with Crippen LogP contribution in [0, 0.1) is 13.8 Å². The number of aryl methyl sites for hydroxylation is 2. The van der Waals surface area contributed by atoms with Crippen molar-refractivity contribution in [3.05, 3.63) is 53.6 Å². The number of hydrogen-bond acceptors (Lipinski definition) is 4. The van der Waals surface area contributed by atoms with Gasteiger partial charge in [-0.1, -0.05) is 30.3 Å². The van der Waals surface area contributed by atoms with Crippen LogP contribution in [0.25, 0.3) is 0 Å². The molecule has 0 atom stereocenters. The molecule has 2 aromatic carbocycles. The van der Waals surface area contributed by atoms with Gasteiger partial charge in [-0.05, 0) is 50.1 Å². The minimum absolute atomic E-state index is 0.136. The SMILES string of the molecule is COc1ccccc1N1CCN(CCCNC(=O)Nc2c(C)cccc2C)CC1. The van der Waals surface area contributed by atoms with E-state index >= 15 is 0 Å². The second kappa shape index (κ2) is 10.2. The third kappa shape index (κ3) is 5.64. The number of nitrogens with one attached hydrogen (secondary N) is 2. The first-order valence-corrected chi connectivity index (χ1v) is 10.3. The van der Waals surface area contributed by atoms with Crippen LogP contribution in [0.1, 0.15) is 17.5 Å². The second-order valence-electron chi connectivity index (χ2n) is 7.50. The summed E-state index contributed by atoms with van der Waals surface area (Å²) >= 11 is 0. The van der Waals surface area contributed by atoms with Crippen LogP contribution in [0.15, 0.2) is 42.5 Å². The normalized spacial score (nSPS) is 14.5. The number of amides is 2. The Balaban J connectivity index is 1.36. The quantitative estimate of drug-likeness (QED) is 0.702. The van der Waals surface area contributed by atoms with E-state index < -0.39 is 0 Å². The summed E-state index contributed by atoms with van der Waals surface area (Å²) in [7, 11) is 1.72. The highest BCUT2D eigenvalue weighted by molar-refractivity contribution is 5.90. The third-order valence-electron chi connectivity index (χ3n) is 5.45. The third-order valence-corrected chi connectivity index (χ3v) is 5.45. The molecule has 2 N–H and O–H groups in total. The van der Waals surface area contributed by atoms with E-state index in [0.29, 0.717) is 6.54 Å². The summed E-state index contributed by atoms with van der Waals surface area (Å²) in [6.07, 6.45) is 0.939. The summed E-state index contributed by atoms with van der Waals surface area (Å²) < 4.78 is 5.48. The predicted molar refractivity (Wildman–Crippen MR) is 119 cm³/mol. The smallest absolute Gasteiger partial charge is 0.319 e. The molecule has 0 aliphatic carbocycles. The fourth-order valence-corrected chi connectivity index (χ4v) is 3.78. The Morgan fingerprint density at radius 3 is 2.38 bits per heavy atom. The first kappa shape index (κ1) is 21.0. The summed E-state index contributed by atoms with van der Waals surface area (Å²) in [5.41, 5.74) is 4.22. The van der Waals surface area contributed by atoms with Gasteiger partial charge in [-0.2, -0.15) is 0 Å². The Kier molecular flexibility index (Phi) is 7.36. The summed E-state index contributed by atoms with van der Waals surface area (Å²) in [5, 5.41) is 5.94. The summed E-state index contributed by atoms with van der Waals surface area (Å²) in [6, 6.07) is 14.1. The van der Waals surface area contributed by atoms with Gasteiger partial charge in [-0.25, -0.2) is 4.79 Å². The minimum Gasteiger partial charge on any atom is -0.495 e. The van der Waals surface area contributed by atoms with E-state index in [0.717, 1.165) is 61.7 Å². The van der Waals surface area contributed by atoms with Gasteiger partial charge in [0.2, 0.25) is 0 Å². The molecule has 0 saturated carbocycles. The molecule has 0 unspecified atom stereocenters. The van der Waals surface area contributed by atoms with Crippen LogP contribution in [0.3, 0.4) is 0 Å². The summed E-state index contributed by atoms with van der Waals surface area (Å²) in [4.78, 5) is 17.0. The van der Waals surface area contributed by atoms with E-state index in [-0.39, 0.29) is 6.03 Å². The fraction of sp³-hybridized carbons (Fsp3) is 0.435. The van der Waals surface area contributed by atoms with Crippen molar-refractivity contribution < 1.29 is 9.53 Å². The highest BCUT2D eigenvalue weighted by atomic mass is 16.5. The fourth-order valence-electron chi connectivity index (χ4n) is 3.78. The molecule has 1 fully saturated rings. The molecular weight excluding hydrogens is 364 g/mol. The molecule has 0 radical (unpaired) electrons. The average Bonchev–Trinajstić information content (AvgIpc) is 2.74. The van der Waals surface area contributed by atoms with Crippen molar-refractivity contribution in [2.24, 2.45) is 0 Å². The van der Waals surface area contributed by atoms with Crippen LogP contribution in [-0.2, 0) is 0 Å². The molecule has 1 aliphatic rings. The van der Waals surface area contributed by atoms with Crippen molar-refractivity contribution in [3.63, 3.8) is 0 Å². The number of urea groups is 1. The number of methoxy groups -OCH3 is 1. The van der Waals surface area contributed by atoms with Gasteiger partial charge in [0.05, 0.1) is 12.8 Å². The van der Waals surface area contributed by atoms with Crippen molar-refractivity contribution in [1.29, 1.82) is 0 Å². The van der Waals surface area contributed by atoms with Gasteiger partial charge >= 0.3 is 6.03 Å². The monoisotopic (exact) mass is 396 g/mol. The Hall–Kier alpha value is -2.73. The molecule has 0 bridgehead atoms. The number of hydrogen-bond donors (Lipinski definition) is 2. The van der Waals surface area contributed by atoms with Crippen molar-refractivity contribution in [2.75, 3.05) is 56.6 Å². The maximum atomic E-state index is 12.2. The van der Waals surface area contributed by atoms with Crippen LogP contribution in [0.4, 0.5) is 16.2 Å². The number of rotatable bonds is 7. The Labute approximate surface area is 173 Å². The maximum absolute atomic E-state index is 12.2. The summed E-state index contributed by atoms with van der Waals surface area (Å²) in [5.74, 6) is 0.931. The van der Waals surface area contributed by atoms with Crippen LogP contribution < -0.4 is 20.3 Å². The standard InChI is InChI=1S/C23H32N4O2/c1-18-8-6-9-19(2)22(18)25-23(28)24-12-7-13-26-14-16-27(17-15-26)20-10-4-5-11-21(20)29-3/h4-6,8-11H,7,12-17H2,1-3H3,(H2,24,25,28). The van der Waals surface area contributed by atoms with Crippen LogP contribution in [0.5, 0.6) is 5.75 Å². The largest absolute Gasteiger partial charge is 0.495 e. The molecule has 29 heavy (non-hydrogen) atoms. The van der Waals surface area contributed by atoms with E-state index in [1.165, 1.54) is 5.69 Å². The molecule has 6 heteroatoms. The lowest BCUT2D eigenvalue weighted by molar-refractivity contribution is 0.244. The van der Waals surface area contributed by atoms with E-state index in [9.17, 15) is 4.79 Å². The Bertz CT molecular complexity index is 796. The molecule has 2 aromatic rings. The first-order valence-electron chi connectivity index (χ1n) is 10.3. The van der Waals surface area contributed by atoms with E-state index in [4.69, 9.17) is 4.74 Å². The lowest BCUT2D eigenvalue weighted by Crippen LogP contribution is -2.47. The molecule has 1 heterocycles. The van der Waals surface area contributed by atoms with Crippen LogP contribution in [0.2, 0.25) is 0 Å². The number of carbonyl (C=O) groups excluding carboxylic acids is 1. The van der Waals surface area contributed by atoms with Crippen molar-refractivity contribution in [3.8, 4) is 5.75 Å². The molecule has 3 rings (SSSR count). The lowest BCUT2D eigenvalue weighted by Gasteiger charge is -2.36. The molecule has 0 aromatic heterocycles. The predicted octanol–water partition coefficient (Wildman–Crippen LogP) is 3.65. The Morgan fingerprint density at radius 1 is 1.00 bits per heavy atom. The number of piperazine rings is 1. The molecule has 1 saturated heterocycles. The zero-order valence-corrected chi connectivity index (χ0v) is 17.7. The molecule has 0 spiro atoms. The highest BCUT2D eigenvalue weighted by Gasteiger charge is 2.19. The number of benzene rings is 2. The number of para-hydroxylation sites is 3. The molecular formula is C23H32N4O2. The summed E-state index contributed by atoms with van der Waals surface area (Å²) in [6.45, 7) is 9.69. The maximum Gasteiger partial charge on any atom is 0.319 e. The second-order valence-corrected chi connectivity index (χ2v) is 7.50. The number of ether oxygens (including phenoxy) is 1.